The van der Waals surface area contributed by atoms with Gasteiger partial charge in [0.25, 0.3) is 5.91 Å². The van der Waals surface area contributed by atoms with Gasteiger partial charge in [-0.3, -0.25) is 4.79 Å². The van der Waals surface area contributed by atoms with Crippen LogP contribution in [0.3, 0.4) is 0 Å². The van der Waals surface area contributed by atoms with E-state index in [-0.39, 0.29) is 65.6 Å². The highest BCUT2D eigenvalue weighted by Gasteiger charge is 2.39. The molecule has 0 spiro atoms. The quantitative estimate of drug-likeness (QED) is 0.222. The summed E-state index contributed by atoms with van der Waals surface area (Å²) in [7, 11) is 1.10. The lowest BCUT2D eigenvalue weighted by molar-refractivity contribution is -0.142. The van der Waals surface area contributed by atoms with Crippen molar-refractivity contribution in [2.75, 3.05) is 45.7 Å². The van der Waals surface area contributed by atoms with Gasteiger partial charge in [0.2, 0.25) is 13.4 Å². The molecule has 16 heteroatoms. The van der Waals surface area contributed by atoms with Crippen LogP contribution >= 0.6 is 11.8 Å². The van der Waals surface area contributed by atoms with Crippen LogP contribution in [0.1, 0.15) is 27.2 Å². The number of amides is 1. The van der Waals surface area contributed by atoms with E-state index in [0.29, 0.717) is 5.56 Å². The minimum absolute atomic E-state index is 0.132. The normalized spacial score (nSPS) is 17.1. The number of halogens is 2. The first-order valence-electron chi connectivity index (χ1n) is 13.6. The maximum absolute atomic E-state index is 15.4. The van der Waals surface area contributed by atoms with Crippen molar-refractivity contribution in [1.29, 1.82) is 0 Å². The fourth-order valence-electron chi connectivity index (χ4n) is 5.36. The van der Waals surface area contributed by atoms with Crippen LogP contribution in [0.4, 0.5) is 13.6 Å². The number of carbonyl (C=O) groups excluding carboxylic acids is 2. The molecule has 0 radical (unpaired) electrons. The number of nitrogens with zero attached hydrogens (tertiary/aromatic N) is 3. The lowest BCUT2D eigenvalue weighted by atomic mass is 9.92. The van der Waals surface area contributed by atoms with Crippen molar-refractivity contribution in [1.82, 2.24) is 9.58 Å². The summed E-state index contributed by atoms with van der Waals surface area (Å²) in [6.45, 7) is -0.931. The lowest BCUT2D eigenvalue weighted by Crippen LogP contribution is -2.59. The molecule has 2 aromatic carbocycles. The summed E-state index contributed by atoms with van der Waals surface area (Å²) >= 11 is 1.38. The van der Waals surface area contributed by atoms with E-state index in [1.807, 2.05) is 24.3 Å². The molecule has 6 rings (SSSR count). The van der Waals surface area contributed by atoms with Gasteiger partial charge in [-0.25, -0.2) is 23.0 Å². The van der Waals surface area contributed by atoms with E-state index in [9.17, 15) is 14.4 Å². The molecule has 3 aliphatic rings. The van der Waals surface area contributed by atoms with E-state index >= 15 is 8.78 Å². The van der Waals surface area contributed by atoms with Gasteiger partial charge in [-0.05, 0) is 35.7 Å². The van der Waals surface area contributed by atoms with Crippen LogP contribution in [-0.4, -0.2) is 79.1 Å². The van der Waals surface area contributed by atoms with Gasteiger partial charge in [0.15, 0.2) is 23.1 Å². The predicted molar refractivity (Wildman–Crippen MR) is 152 cm³/mol. The summed E-state index contributed by atoms with van der Waals surface area (Å²) in [4.78, 5) is 44.3. The van der Waals surface area contributed by atoms with Crippen molar-refractivity contribution in [3.05, 3.63) is 75.8 Å². The van der Waals surface area contributed by atoms with Crippen molar-refractivity contribution in [2.24, 2.45) is 5.16 Å². The summed E-state index contributed by atoms with van der Waals surface area (Å²) in [6, 6.07) is 9.98. The average Bonchev–Trinajstić information content (AvgIpc) is 3.23. The van der Waals surface area contributed by atoms with Gasteiger partial charge < -0.3 is 39.2 Å². The SMILES string of the molecule is COC(=O)OCOc1c2n(c(-c3cc(F)c(F)c4c3Cc3ccccc3SC4)c/c1=N\OCC(=O)O)N[C@@H]1COCCN1C2=O. The number of thioether (sulfide) groups is 1. The van der Waals surface area contributed by atoms with Gasteiger partial charge >= 0.3 is 12.1 Å². The zero-order valence-electron chi connectivity index (χ0n) is 23.7. The molecular formula is C29H26F2N4O9S. The maximum Gasteiger partial charge on any atom is 0.510 e. The number of nitrogens with one attached hydrogen (secondary N) is 1. The molecule has 45 heavy (non-hydrogen) atoms. The highest BCUT2D eigenvalue weighted by atomic mass is 32.2. The minimum Gasteiger partial charge on any atom is -0.479 e. The summed E-state index contributed by atoms with van der Waals surface area (Å²) in [5, 5.41) is 12.9. The Morgan fingerprint density at radius 3 is 2.84 bits per heavy atom. The van der Waals surface area contributed by atoms with Gasteiger partial charge in [0, 0.05) is 28.3 Å². The molecule has 0 bridgehead atoms. The fourth-order valence-corrected chi connectivity index (χ4v) is 6.46. The Labute approximate surface area is 258 Å². The van der Waals surface area contributed by atoms with E-state index in [2.05, 4.69) is 15.3 Å². The van der Waals surface area contributed by atoms with Crippen molar-refractivity contribution < 1.29 is 52.1 Å². The van der Waals surface area contributed by atoms with E-state index in [0.717, 1.165) is 23.6 Å². The number of carboxylic acid groups (broad SMARTS) is 1. The number of hydrogen-bond acceptors (Lipinski definition) is 11. The maximum atomic E-state index is 15.4. The van der Waals surface area contributed by atoms with Gasteiger partial charge in [-0.1, -0.05) is 23.4 Å². The number of aromatic nitrogens is 1. The second kappa shape index (κ2) is 12.6. The van der Waals surface area contributed by atoms with E-state index in [1.165, 1.54) is 27.4 Å². The standard InChI is InChI=1S/C29H26F2N4O9S/c1-40-29(39)43-14-42-27-20(33-44-12-24(36)37)10-21(35-26(27)28(38)34-6-7-41-11-23(34)32-35)17-9-19(30)25(31)18-13-45-22-5-3-2-4-15(22)8-16(17)18/h2-5,9-10,23,32H,6-8,11-14H2,1H3,(H,36,37)/b33-20+/t23-/m0/s1. The molecule has 1 saturated heterocycles. The van der Waals surface area contributed by atoms with Crippen molar-refractivity contribution >= 4 is 29.8 Å². The molecule has 13 nitrogen and oxygen atoms in total. The Bertz CT molecular complexity index is 1770. The van der Waals surface area contributed by atoms with Crippen LogP contribution in [0.2, 0.25) is 0 Å². The number of fused-ring (bicyclic) bond motifs is 4. The Hall–Kier alpha value is -4.83. The van der Waals surface area contributed by atoms with Gasteiger partial charge in [0.1, 0.15) is 11.5 Å². The van der Waals surface area contributed by atoms with E-state index in [4.69, 9.17) is 24.2 Å². The summed E-state index contributed by atoms with van der Waals surface area (Å²) < 4.78 is 52.7. The molecule has 1 atom stereocenters. The third-order valence-electron chi connectivity index (χ3n) is 7.38. The Morgan fingerprint density at radius 2 is 2.04 bits per heavy atom. The predicted octanol–water partition coefficient (Wildman–Crippen LogP) is 3.02. The molecule has 1 aromatic heterocycles. The Kier molecular flexibility index (Phi) is 8.49. The molecule has 0 aliphatic carbocycles. The molecule has 1 fully saturated rings. The highest BCUT2D eigenvalue weighted by molar-refractivity contribution is 7.98. The first-order chi connectivity index (χ1) is 21.8. The number of rotatable bonds is 7. The second-order valence-corrected chi connectivity index (χ2v) is 11.0. The van der Waals surface area contributed by atoms with Crippen molar-refractivity contribution in [2.45, 2.75) is 23.2 Å². The number of pyridine rings is 1. The molecule has 4 heterocycles. The summed E-state index contributed by atoms with van der Waals surface area (Å²) in [6.07, 6.45) is -1.44. The number of aliphatic carboxylic acids is 1. The Morgan fingerprint density at radius 1 is 1.22 bits per heavy atom. The number of ether oxygens (including phenoxy) is 4. The van der Waals surface area contributed by atoms with Gasteiger partial charge in [0.05, 0.1) is 26.0 Å². The van der Waals surface area contributed by atoms with Crippen LogP contribution in [0.15, 0.2) is 46.4 Å². The molecule has 3 aliphatic heterocycles. The zero-order chi connectivity index (χ0) is 31.7. The van der Waals surface area contributed by atoms with E-state index < -0.39 is 49.2 Å². The minimum atomic E-state index is -1.32. The number of carbonyl (C=O) groups is 3. The third kappa shape index (κ3) is 5.85. The lowest BCUT2D eigenvalue weighted by Gasteiger charge is -2.42. The van der Waals surface area contributed by atoms with Gasteiger partial charge in [-0.15, -0.1) is 11.8 Å². The first kappa shape index (κ1) is 30.2. The number of hydrogen-bond donors (Lipinski definition) is 2. The van der Waals surface area contributed by atoms with Crippen molar-refractivity contribution in [3.63, 3.8) is 0 Å². The molecule has 236 valence electrons. The smallest absolute Gasteiger partial charge is 0.479 e. The summed E-state index contributed by atoms with van der Waals surface area (Å²) in [5.41, 5.74) is 5.05. The fraction of sp³-hybridized carbons (Fsp3) is 0.310. The van der Waals surface area contributed by atoms with Crippen LogP contribution in [0.5, 0.6) is 5.75 Å². The highest BCUT2D eigenvalue weighted by Crippen LogP contribution is 2.40. The number of benzene rings is 2. The monoisotopic (exact) mass is 644 g/mol. The van der Waals surface area contributed by atoms with Crippen LogP contribution in [0, 0.1) is 11.6 Å². The number of morpholine rings is 1. The summed E-state index contributed by atoms with van der Waals surface area (Å²) in [5.74, 6) is -4.01. The largest absolute Gasteiger partial charge is 0.510 e. The van der Waals surface area contributed by atoms with Gasteiger partial charge in [-0.2, -0.15) is 0 Å². The molecule has 1 amide bonds. The second-order valence-electron chi connectivity index (χ2n) is 10.0. The molecular weight excluding hydrogens is 618 g/mol. The van der Waals surface area contributed by atoms with Crippen molar-refractivity contribution in [3.8, 4) is 17.0 Å². The van der Waals surface area contributed by atoms with Crippen LogP contribution in [0.25, 0.3) is 11.3 Å². The average molecular weight is 645 g/mol. The number of carboxylic acids is 1. The Balaban J connectivity index is 1.60. The molecule has 0 saturated carbocycles. The van der Waals surface area contributed by atoms with Crippen LogP contribution < -0.4 is 15.5 Å². The molecule has 0 unspecified atom stereocenters. The van der Waals surface area contributed by atoms with E-state index in [1.54, 1.807) is 0 Å². The van der Waals surface area contributed by atoms with Crippen LogP contribution in [-0.2, 0) is 36.0 Å². The molecule has 3 aromatic rings. The number of methoxy groups -OCH3 is 1. The zero-order valence-corrected chi connectivity index (χ0v) is 24.5. The topological polar surface area (TPSA) is 150 Å². The first-order valence-corrected chi connectivity index (χ1v) is 14.6. The molecule has 2 N–H and O–H groups in total. The third-order valence-corrected chi connectivity index (χ3v) is 8.52.